The number of likely N-dealkylation sites (tertiary alicyclic amines) is 1. The molecule has 1 aromatic carbocycles. The Morgan fingerprint density at radius 1 is 1.30 bits per heavy atom. The van der Waals surface area contributed by atoms with E-state index >= 15 is 0 Å². The highest BCUT2D eigenvalue weighted by atomic mass is 16.5. The van der Waals surface area contributed by atoms with Crippen molar-refractivity contribution in [2.75, 3.05) is 26.7 Å². The van der Waals surface area contributed by atoms with E-state index in [0.717, 1.165) is 31.5 Å². The van der Waals surface area contributed by atoms with Crippen LogP contribution in [-0.2, 0) is 0 Å². The molecule has 1 aliphatic rings. The van der Waals surface area contributed by atoms with Crippen LogP contribution in [0.5, 0.6) is 5.75 Å². The Bertz CT molecular complexity index is 484. The summed E-state index contributed by atoms with van der Waals surface area (Å²) in [5.74, 6) is 0.842. The number of carbonyl (C=O) groups is 1. The maximum absolute atomic E-state index is 12.4. The van der Waals surface area contributed by atoms with Crippen molar-refractivity contribution >= 4 is 5.78 Å². The highest BCUT2D eigenvalue weighted by Crippen LogP contribution is 2.30. The van der Waals surface area contributed by atoms with Crippen molar-refractivity contribution in [1.29, 1.82) is 0 Å². The molecule has 0 spiro atoms. The van der Waals surface area contributed by atoms with E-state index in [9.17, 15) is 4.79 Å². The number of benzene rings is 1. The molecule has 2 rings (SSSR count). The SMILES string of the molecule is COc1cc(C)ccc1C(=O)CN1CCC(C)(C)CC1. The zero-order valence-corrected chi connectivity index (χ0v) is 13.0. The van der Waals surface area contributed by atoms with Crippen molar-refractivity contribution in [2.24, 2.45) is 5.41 Å². The van der Waals surface area contributed by atoms with Gasteiger partial charge in [-0.25, -0.2) is 0 Å². The fourth-order valence-electron chi connectivity index (χ4n) is 2.63. The quantitative estimate of drug-likeness (QED) is 0.790. The van der Waals surface area contributed by atoms with Gasteiger partial charge in [0.15, 0.2) is 5.78 Å². The third-order valence-corrected chi connectivity index (χ3v) is 4.23. The number of rotatable bonds is 4. The molecule has 0 aromatic heterocycles. The van der Waals surface area contributed by atoms with Gasteiger partial charge in [0.05, 0.1) is 19.2 Å². The molecule has 1 saturated heterocycles. The van der Waals surface area contributed by atoms with Gasteiger partial charge in [-0.15, -0.1) is 0 Å². The Morgan fingerprint density at radius 2 is 1.95 bits per heavy atom. The van der Waals surface area contributed by atoms with Gasteiger partial charge in [0.2, 0.25) is 0 Å². The van der Waals surface area contributed by atoms with Crippen LogP contribution >= 0.6 is 0 Å². The van der Waals surface area contributed by atoms with Crippen molar-refractivity contribution in [1.82, 2.24) is 4.90 Å². The molecule has 20 heavy (non-hydrogen) atoms. The van der Waals surface area contributed by atoms with Crippen LogP contribution < -0.4 is 4.74 Å². The number of ether oxygens (including phenoxy) is 1. The predicted molar refractivity (Wildman–Crippen MR) is 81.5 cm³/mol. The number of Topliss-reactive ketones (excluding diaryl/α,β-unsaturated/α-hetero) is 1. The van der Waals surface area contributed by atoms with E-state index in [2.05, 4.69) is 18.7 Å². The van der Waals surface area contributed by atoms with Crippen LogP contribution in [0.3, 0.4) is 0 Å². The van der Waals surface area contributed by atoms with Gasteiger partial charge in [0, 0.05) is 0 Å². The summed E-state index contributed by atoms with van der Waals surface area (Å²) in [6.07, 6.45) is 2.32. The van der Waals surface area contributed by atoms with Crippen LogP contribution in [0.25, 0.3) is 0 Å². The molecule has 0 unspecified atom stereocenters. The number of carbonyl (C=O) groups excluding carboxylic acids is 1. The summed E-state index contributed by atoms with van der Waals surface area (Å²) < 4.78 is 5.33. The van der Waals surface area contributed by atoms with Crippen LogP contribution in [0.2, 0.25) is 0 Å². The van der Waals surface area contributed by atoms with Gasteiger partial charge in [-0.3, -0.25) is 9.69 Å². The molecule has 1 heterocycles. The molecule has 0 amide bonds. The summed E-state index contributed by atoms with van der Waals surface area (Å²) in [6, 6.07) is 5.77. The molecule has 0 atom stereocenters. The van der Waals surface area contributed by atoms with Gasteiger partial charge in [0.1, 0.15) is 5.75 Å². The van der Waals surface area contributed by atoms with Crippen molar-refractivity contribution in [2.45, 2.75) is 33.6 Å². The maximum Gasteiger partial charge on any atom is 0.180 e. The van der Waals surface area contributed by atoms with Crippen LogP contribution in [-0.4, -0.2) is 37.4 Å². The Labute approximate surface area is 121 Å². The number of ketones is 1. The molecule has 3 heteroatoms. The zero-order chi connectivity index (χ0) is 14.8. The summed E-state index contributed by atoms with van der Waals surface area (Å²) in [5, 5.41) is 0. The molecule has 0 bridgehead atoms. The monoisotopic (exact) mass is 275 g/mol. The number of hydrogen-bond acceptors (Lipinski definition) is 3. The van der Waals surface area contributed by atoms with E-state index < -0.39 is 0 Å². The lowest BCUT2D eigenvalue weighted by molar-refractivity contribution is 0.0842. The first kappa shape index (κ1) is 15.0. The van der Waals surface area contributed by atoms with Crippen molar-refractivity contribution in [3.05, 3.63) is 29.3 Å². The Hall–Kier alpha value is -1.35. The Morgan fingerprint density at radius 3 is 2.55 bits per heavy atom. The number of aryl methyl sites for hydroxylation is 1. The van der Waals surface area contributed by atoms with Gasteiger partial charge in [0.25, 0.3) is 0 Å². The topological polar surface area (TPSA) is 29.5 Å². The average Bonchev–Trinajstić information content (AvgIpc) is 2.40. The van der Waals surface area contributed by atoms with Gasteiger partial charge >= 0.3 is 0 Å². The number of methoxy groups -OCH3 is 1. The second kappa shape index (κ2) is 5.96. The lowest BCUT2D eigenvalue weighted by atomic mass is 9.82. The van der Waals surface area contributed by atoms with Crippen LogP contribution in [0.15, 0.2) is 18.2 Å². The molecule has 0 N–H and O–H groups in total. The Balaban J connectivity index is 2.02. The van der Waals surface area contributed by atoms with Crippen molar-refractivity contribution < 1.29 is 9.53 Å². The lowest BCUT2D eigenvalue weighted by Gasteiger charge is -2.36. The van der Waals surface area contributed by atoms with Gasteiger partial charge in [-0.2, -0.15) is 0 Å². The summed E-state index contributed by atoms with van der Waals surface area (Å²) in [7, 11) is 1.62. The molecule has 0 radical (unpaired) electrons. The fourth-order valence-corrected chi connectivity index (χ4v) is 2.63. The highest BCUT2D eigenvalue weighted by Gasteiger charge is 2.26. The van der Waals surface area contributed by atoms with Gasteiger partial charge in [-0.05, 0) is 56.0 Å². The maximum atomic E-state index is 12.4. The van der Waals surface area contributed by atoms with E-state index in [-0.39, 0.29) is 5.78 Å². The highest BCUT2D eigenvalue weighted by molar-refractivity contribution is 6.00. The third-order valence-electron chi connectivity index (χ3n) is 4.23. The Kier molecular flexibility index (Phi) is 4.48. The van der Waals surface area contributed by atoms with Crippen LogP contribution in [0, 0.1) is 12.3 Å². The molecular formula is C17H25NO2. The van der Waals surface area contributed by atoms with Crippen molar-refractivity contribution in [3.8, 4) is 5.75 Å². The lowest BCUT2D eigenvalue weighted by Crippen LogP contribution is -2.40. The normalized spacial score (nSPS) is 18.8. The van der Waals surface area contributed by atoms with E-state index in [1.807, 2.05) is 25.1 Å². The second-order valence-electron chi connectivity index (χ2n) is 6.57. The number of hydrogen-bond donors (Lipinski definition) is 0. The van der Waals surface area contributed by atoms with Gasteiger partial charge in [-0.1, -0.05) is 19.9 Å². The summed E-state index contributed by atoms with van der Waals surface area (Å²) in [5.41, 5.74) is 2.22. The predicted octanol–water partition coefficient (Wildman–Crippen LogP) is 3.31. The minimum atomic E-state index is 0.154. The minimum Gasteiger partial charge on any atom is -0.496 e. The standard InChI is InChI=1S/C17H25NO2/c1-13-5-6-14(16(11-13)20-4)15(19)12-18-9-7-17(2,3)8-10-18/h5-6,11H,7-10,12H2,1-4H3. The molecule has 0 saturated carbocycles. The minimum absolute atomic E-state index is 0.154. The largest absolute Gasteiger partial charge is 0.496 e. The van der Waals surface area contributed by atoms with E-state index in [1.54, 1.807) is 7.11 Å². The number of piperidine rings is 1. The molecule has 1 aromatic rings. The van der Waals surface area contributed by atoms with Crippen molar-refractivity contribution in [3.63, 3.8) is 0 Å². The van der Waals surface area contributed by atoms with E-state index in [1.165, 1.54) is 0 Å². The molecule has 1 fully saturated rings. The molecular weight excluding hydrogens is 250 g/mol. The van der Waals surface area contributed by atoms with Gasteiger partial charge < -0.3 is 4.74 Å². The van der Waals surface area contributed by atoms with E-state index in [0.29, 0.717) is 23.3 Å². The first-order valence-electron chi connectivity index (χ1n) is 7.31. The summed E-state index contributed by atoms with van der Waals surface area (Å²) in [4.78, 5) is 14.7. The molecule has 0 aliphatic carbocycles. The molecule has 3 nitrogen and oxygen atoms in total. The first-order chi connectivity index (χ1) is 9.41. The number of nitrogens with zero attached hydrogens (tertiary/aromatic N) is 1. The third kappa shape index (κ3) is 3.60. The van der Waals surface area contributed by atoms with E-state index in [4.69, 9.17) is 4.74 Å². The van der Waals surface area contributed by atoms with Crippen LogP contribution in [0.4, 0.5) is 0 Å². The molecule has 110 valence electrons. The summed E-state index contributed by atoms with van der Waals surface area (Å²) in [6.45, 7) is 9.11. The summed E-state index contributed by atoms with van der Waals surface area (Å²) >= 11 is 0. The first-order valence-corrected chi connectivity index (χ1v) is 7.31. The molecule has 1 aliphatic heterocycles. The average molecular weight is 275 g/mol. The fraction of sp³-hybridized carbons (Fsp3) is 0.588. The smallest absolute Gasteiger partial charge is 0.180 e. The second-order valence-corrected chi connectivity index (χ2v) is 6.57. The zero-order valence-electron chi connectivity index (χ0n) is 13.0. The van der Waals surface area contributed by atoms with Crippen LogP contribution in [0.1, 0.15) is 42.6 Å².